The molecule has 1 aliphatic heterocycles. The van der Waals surface area contributed by atoms with E-state index in [1.54, 1.807) is 6.20 Å². The van der Waals surface area contributed by atoms with E-state index >= 15 is 0 Å². The van der Waals surface area contributed by atoms with Crippen molar-refractivity contribution in [1.29, 1.82) is 0 Å². The Bertz CT molecular complexity index is 828. The van der Waals surface area contributed by atoms with Crippen molar-refractivity contribution < 1.29 is 8.42 Å². The molecule has 1 atom stereocenters. The van der Waals surface area contributed by atoms with Crippen LogP contribution in [0.15, 0.2) is 12.3 Å². The fraction of sp³-hybridized carbons (Fsp3) is 0.533. The molecule has 7 nitrogen and oxygen atoms in total. The fourth-order valence-corrected chi connectivity index (χ4v) is 4.86. The molecule has 8 heteroatoms. The molecule has 23 heavy (non-hydrogen) atoms. The van der Waals surface area contributed by atoms with Crippen molar-refractivity contribution in [2.45, 2.75) is 20.3 Å². The van der Waals surface area contributed by atoms with Crippen molar-refractivity contribution in [3.63, 3.8) is 0 Å². The third-order valence-electron chi connectivity index (χ3n) is 4.30. The molecule has 1 unspecified atom stereocenters. The normalized spacial score (nSPS) is 19.9. The number of hydrogen-bond acceptors (Lipinski definition) is 6. The summed E-state index contributed by atoms with van der Waals surface area (Å²) in [5.41, 5.74) is 3.82. The van der Waals surface area contributed by atoms with Gasteiger partial charge in [-0.2, -0.15) is 5.10 Å². The Kier molecular flexibility index (Phi) is 4.09. The van der Waals surface area contributed by atoms with Crippen molar-refractivity contribution >= 4 is 15.8 Å². The second-order valence-electron chi connectivity index (χ2n) is 6.08. The molecule has 0 aromatic carbocycles. The van der Waals surface area contributed by atoms with Crippen molar-refractivity contribution in [3.8, 4) is 11.3 Å². The predicted octanol–water partition coefficient (Wildman–Crippen LogP) is 1.34. The summed E-state index contributed by atoms with van der Waals surface area (Å²) in [6, 6.07) is 1.86. The largest absolute Gasteiger partial charge is 0.354 e. The van der Waals surface area contributed by atoms with Crippen molar-refractivity contribution in [2.24, 2.45) is 13.0 Å². The van der Waals surface area contributed by atoms with E-state index < -0.39 is 9.84 Å². The van der Waals surface area contributed by atoms with Gasteiger partial charge < -0.3 is 5.32 Å². The molecular formula is C15H21N5O2S. The van der Waals surface area contributed by atoms with E-state index in [1.165, 1.54) is 0 Å². The van der Waals surface area contributed by atoms with Gasteiger partial charge in [-0.25, -0.2) is 18.4 Å². The Morgan fingerprint density at radius 3 is 2.78 bits per heavy atom. The van der Waals surface area contributed by atoms with Crippen LogP contribution in [0.2, 0.25) is 0 Å². The highest BCUT2D eigenvalue weighted by molar-refractivity contribution is 7.91. The summed E-state index contributed by atoms with van der Waals surface area (Å²) in [5.74, 6) is 1.19. The van der Waals surface area contributed by atoms with Crippen LogP contribution in [0.25, 0.3) is 11.3 Å². The van der Waals surface area contributed by atoms with Crippen LogP contribution in [-0.2, 0) is 16.9 Å². The monoisotopic (exact) mass is 335 g/mol. The Morgan fingerprint density at radius 2 is 2.17 bits per heavy atom. The molecule has 0 saturated carbocycles. The van der Waals surface area contributed by atoms with E-state index in [0.717, 1.165) is 22.6 Å². The topological polar surface area (TPSA) is 89.8 Å². The minimum Gasteiger partial charge on any atom is -0.354 e. The van der Waals surface area contributed by atoms with Crippen LogP contribution in [0.4, 0.5) is 5.95 Å². The standard InChI is InChI=1S/C15H21N5O2S/c1-10-14(11(2)20(3)19-10)13-4-6-16-15(18-13)17-8-12-5-7-23(21,22)9-12/h4,6,12H,5,7-9H2,1-3H3,(H,16,17,18). The maximum Gasteiger partial charge on any atom is 0.223 e. The summed E-state index contributed by atoms with van der Waals surface area (Å²) < 4.78 is 24.8. The van der Waals surface area contributed by atoms with Gasteiger partial charge in [-0.05, 0) is 32.3 Å². The van der Waals surface area contributed by atoms with Crippen molar-refractivity contribution in [2.75, 3.05) is 23.4 Å². The molecule has 124 valence electrons. The Morgan fingerprint density at radius 1 is 1.39 bits per heavy atom. The zero-order chi connectivity index (χ0) is 16.6. The Balaban J connectivity index is 1.75. The summed E-state index contributed by atoms with van der Waals surface area (Å²) in [5, 5.41) is 7.58. The van der Waals surface area contributed by atoms with Gasteiger partial charge in [0.2, 0.25) is 5.95 Å². The van der Waals surface area contributed by atoms with Crippen LogP contribution in [0.1, 0.15) is 17.8 Å². The van der Waals surface area contributed by atoms with Crippen molar-refractivity contribution in [3.05, 3.63) is 23.7 Å². The van der Waals surface area contributed by atoms with Gasteiger partial charge in [0.15, 0.2) is 9.84 Å². The van der Waals surface area contributed by atoms with Gasteiger partial charge >= 0.3 is 0 Å². The van der Waals surface area contributed by atoms with Gasteiger partial charge in [0.25, 0.3) is 0 Å². The maximum absolute atomic E-state index is 11.5. The van der Waals surface area contributed by atoms with E-state index in [4.69, 9.17) is 0 Å². The van der Waals surface area contributed by atoms with E-state index in [2.05, 4.69) is 20.4 Å². The molecule has 1 saturated heterocycles. The van der Waals surface area contributed by atoms with Crippen LogP contribution in [-0.4, -0.2) is 46.2 Å². The quantitative estimate of drug-likeness (QED) is 0.907. The van der Waals surface area contributed by atoms with Crippen LogP contribution in [0.5, 0.6) is 0 Å². The fourth-order valence-electron chi connectivity index (χ4n) is 3.00. The zero-order valence-electron chi connectivity index (χ0n) is 13.6. The number of sulfone groups is 1. The summed E-state index contributed by atoms with van der Waals surface area (Å²) in [6.45, 7) is 4.54. The van der Waals surface area contributed by atoms with Gasteiger partial charge in [0, 0.05) is 31.0 Å². The number of nitrogens with zero attached hydrogens (tertiary/aromatic N) is 4. The van der Waals surface area contributed by atoms with Crippen molar-refractivity contribution in [1.82, 2.24) is 19.7 Å². The molecule has 1 fully saturated rings. The van der Waals surface area contributed by atoms with Gasteiger partial charge in [0.05, 0.1) is 22.9 Å². The zero-order valence-corrected chi connectivity index (χ0v) is 14.4. The molecule has 0 amide bonds. The highest BCUT2D eigenvalue weighted by atomic mass is 32.2. The average molecular weight is 335 g/mol. The molecule has 1 aliphatic rings. The number of aromatic nitrogens is 4. The van der Waals surface area contributed by atoms with Crippen LogP contribution >= 0.6 is 0 Å². The molecule has 3 rings (SSSR count). The highest BCUT2D eigenvalue weighted by Crippen LogP contribution is 2.25. The Labute approximate surface area is 136 Å². The Hall–Kier alpha value is -1.96. The second kappa shape index (κ2) is 5.92. The first-order valence-corrected chi connectivity index (χ1v) is 9.46. The van der Waals surface area contributed by atoms with E-state index in [1.807, 2.05) is 31.6 Å². The molecule has 2 aromatic heterocycles. The second-order valence-corrected chi connectivity index (χ2v) is 8.31. The highest BCUT2D eigenvalue weighted by Gasteiger charge is 2.27. The lowest BCUT2D eigenvalue weighted by atomic mass is 10.1. The molecule has 3 heterocycles. The molecular weight excluding hydrogens is 314 g/mol. The molecule has 1 N–H and O–H groups in total. The molecule has 0 radical (unpaired) electrons. The average Bonchev–Trinajstić information content (AvgIpc) is 2.96. The van der Waals surface area contributed by atoms with Gasteiger partial charge in [-0.15, -0.1) is 0 Å². The lowest BCUT2D eigenvalue weighted by molar-refractivity contribution is 0.595. The predicted molar refractivity (Wildman–Crippen MR) is 89.0 cm³/mol. The van der Waals surface area contributed by atoms with E-state index in [0.29, 0.717) is 18.9 Å². The maximum atomic E-state index is 11.5. The lowest BCUT2D eigenvalue weighted by Crippen LogP contribution is -2.17. The minimum absolute atomic E-state index is 0.133. The van der Waals surface area contributed by atoms with E-state index in [9.17, 15) is 8.42 Å². The summed E-state index contributed by atoms with van der Waals surface area (Å²) >= 11 is 0. The smallest absolute Gasteiger partial charge is 0.223 e. The SMILES string of the molecule is Cc1nn(C)c(C)c1-c1ccnc(NCC2CCS(=O)(=O)C2)n1. The first-order chi connectivity index (χ1) is 10.9. The number of rotatable bonds is 4. The van der Waals surface area contributed by atoms with Crippen LogP contribution in [0, 0.1) is 19.8 Å². The van der Waals surface area contributed by atoms with Gasteiger partial charge in [0.1, 0.15) is 0 Å². The molecule has 0 bridgehead atoms. The first-order valence-electron chi connectivity index (χ1n) is 7.63. The van der Waals surface area contributed by atoms with Crippen LogP contribution in [0.3, 0.4) is 0 Å². The molecule has 2 aromatic rings. The first kappa shape index (κ1) is 15.9. The minimum atomic E-state index is -2.85. The lowest BCUT2D eigenvalue weighted by Gasteiger charge is -2.10. The molecule has 0 aliphatic carbocycles. The summed E-state index contributed by atoms with van der Waals surface area (Å²) in [7, 11) is -0.942. The third kappa shape index (κ3) is 3.36. The number of nitrogens with one attached hydrogen (secondary N) is 1. The van der Waals surface area contributed by atoms with Crippen LogP contribution < -0.4 is 5.32 Å². The third-order valence-corrected chi connectivity index (χ3v) is 6.13. The summed E-state index contributed by atoms with van der Waals surface area (Å²) in [4.78, 5) is 8.78. The van der Waals surface area contributed by atoms with Gasteiger partial charge in [-0.3, -0.25) is 4.68 Å². The van der Waals surface area contributed by atoms with E-state index in [-0.39, 0.29) is 17.4 Å². The number of aryl methyl sites for hydroxylation is 2. The number of anilines is 1. The number of hydrogen-bond donors (Lipinski definition) is 1. The summed E-state index contributed by atoms with van der Waals surface area (Å²) in [6.07, 6.45) is 2.41. The van der Waals surface area contributed by atoms with Gasteiger partial charge in [-0.1, -0.05) is 0 Å². The molecule has 0 spiro atoms.